The summed E-state index contributed by atoms with van der Waals surface area (Å²) in [7, 11) is 0. The van der Waals surface area contributed by atoms with Crippen molar-refractivity contribution in [3.63, 3.8) is 0 Å². The normalized spacial score (nSPS) is 18.9. The van der Waals surface area contributed by atoms with Gasteiger partial charge in [-0.3, -0.25) is 4.98 Å². The first-order valence-electron chi connectivity index (χ1n) is 13.1. The zero-order chi connectivity index (χ0) is 23.5. The fraction of sp³-hybridized carbons (Fsp3) is 0.533. The van der Waals surface area contributed by atoms with E-state index >= 15 is 0 Å². The summed E-state index contributed by atoms with van der Waals surface area (Å²) in [4.78, 5) is 16.5. The number of rotatable bonds is 12. The molecule has 3 nitrogen and oxygen atoms in total. The number of aliphatic carboxylic acids is 1. The van der Waals surface area contributed by atoms with Gasteiger partial charge in [-0.1, -0.05) is 75.9 Å². The Morgan fingerprint density at radius 1 is 0.939 bits per heavy atom. The molecule has 1 saturated carbocycles. The largest absolute Gasteiger partial charge is 0.478 e. The Balaban J connectivity index is 1.55. The number of carboxylic acids is 1. The molecule has 0 bridgehead atoms. The minimum absolute atomic E-state index is 0.208. The van der Waals surface area contributed by atoms with Crippen molar-refractivity contribution < 1.29 is 9.90 Å². The molecule has 1 aliphatic carbocycles. The predicted octanol–water partition coefficient (Wildman–Crippen LogP) is 8.35. The van der Waals surface area contributed by atoms with Gasteiger partial charge in [-0.15, -0.1) is 0 Å². The molecule has 0 saturated heterocycles. The molecule has 0 amide bonds. The monoisotopic (exact) mass is 447 g/mol. The van der Waals surface area contributed by atoms with Crippen LogP contribution in [0.15, 0.2) is 54.2 Å². The maximum absolute atomic E-state index is 11.8. The number of aryl methyl sites for hydroxylation is 1. The average Bonchev–Trinajstić information content (AvgIpc) is 2.85. The molecule has 2 aromatic rings. The highest BCUT2D eigenvalue weighted by Gasteiger charge is 2.27. The third-order valence-corrected chi connectivity index (χ3v) is 7.16. The van der Waals surface area contributed by atoms with Crippen LogP contribution in [0.2, 0.25) is 0 Å². The fourth-order valence-corrected chi connectivity index (χ4v) is 5.07. The van der Waals surface area contributed by atoms with Gasteiger partial charge in [0, 0.05) is 17.3 Å². The molecule has 0 atom stereocenters. The molecule has 1 N–H and O–H groups in total. The van der Waals surface area contributed by atoms with Crippen molar-refractivity contribution in [1.82, 2.24) is 4.98 Å². The van der Waals surface area contributed by atoms with Gasteiger partial charge in [0.15, 0.2) is 0 Å². The third kappa shape index (κ3) is 7.55. The zero-order valence-corrected chi connectivity index (χ0v) is 20.6. The molecule has 1 aromatic carbocycles. The fourth-order valence-electron chi connectivity index (χ4n) is 5.07. The number of carboxylic acid groups (broad SMARTS) is 1. The quantitative estimate of drug-likeness (QED) is 0.263. The second kappa shape index (κ2) is 13.3. The van der Waals surface area contributed by atoms with E-state index < -0.39 is 5.97 Å². The molecule has 0 unspecified atom stereocenters. The van der Waals surface area contributed by atoms with Gasteiger partial charge in [-0.25, -0.2) is 4.79 Å². The molecule has 3 heteroatoms. The van der Waals surface area contributed by atoms with E-state index in [2.05, 4.69) is 55.2 Å². The second-order valence-electron chi connectivity index (χ2n) is 9.64. The predicted molar refractivity (Wildman–Crippen MR) is 137 cm³/mol. The number of carbonyl (C=O) groups is 1. The lowest BCUT2D eigenvalue weighted by molar-refractivity contribution is -0.133. The Morgan fingerprint density at radius 3 is 2.24 bits per heavy atom. The van der Waals surface area contributed by atoms with Crippen LogP contribution < -0.4 is 0 Å². The van der Waals surface area contributed by atoms with Crippen molar-refractivity contribution in [2.24, 2.45) is 5.92 Å². The Kier molecular flexibility index (Phi) is 10.2. The Bertz CT molecular complexity index is 875. The lowest BCUT2D eigenvalue weighted by atomic mass is 9.75. The van der Waals surface area contributed by atoms with E-state index in [1.165, 1.54) is 43.2 Å². The molecule has 178 valence electrons. The second-order valence-corrected chi connectivity index (χ2v) is 9.64. The smallest absolute Gasteiger partial charge is 0.331 e. The summed E-state index contributed by atoms with van der Waals surface area (Å²) in [5.41, 5.74) is 5.54. The van der Waals surface area contributed by atoms with Crippen LogP contribution in [0.25, 0.3) is 11.3 Å². The Morgan fingerprint density at radius 2 is 1.64 bits per heavy atom. The van der Waals surface area contributed by atoms with Gasteiger partial charge < -0.3 is 5.11 Å². The molecular weight excluding hydrogens is 406 g/mol. The van der Waals surface area contributed by atoms with Crippen LogP contribution in [-0.4, -0.2) is 16.1 Å². The van der Waals surface area contributed by atoms with Crippen molar-refractivity contribution in [2.75, 3.05) is 0 Å². The molecule has 0 spiro atoms. The van der Waals surface area contributed by atoms with Crippen LogP contribution in [-0.2, 0) is 11.2 Å². The molecule has 1 heterocycles. The van der Waals surface area contributed by atoms with E-state index in [0.717, 1.165) is 56.2 Å². The summed E-state index contributed by atoms with van der Waals surface area (Å²) in [5.74, 6) is 0.0159. The summed E-state index contributed by atoms with van der Waals surface area (Å²) >= 11 is 0. The van der Waals surface area contributed by atoms with E-state index in [-0.39, 0.29) is 5.92 Å². The maximum Gasteiger partial charge on any atom is 0.331 e. The zero-order valence-electron chi connectivity index (χ0n) is 20.6. The number of aromatic nitrogens is 1. The number of benzene rings is 1. The maximum atomic E-state index is 11.8. The number of hydrogen-bond donors (Lipinski definition) is 1. The van der Waals surface area contributed by atoms with Crippen LogP contribution >= 0.6 is 0 Å². The first-order valence-corrected chi connectivity index (χ1v) is 13.1. The number of nitrogens with zero attached hydrogens (tertiary/aromatic N) is 1. The SMILES string of the molecule is CCCCCC=C(C(=O)O)[C@H]1CC[C@H](c2ccc(-c3ccc(CCCCC)cn3)cc2)CC1. The van der Waals surface area contributed by atoms with Gasteiger partial charge in [0.2, 0.25) is 0 Å². The van der Waals surface area contributed by atoms with Crippen molar-refractivity contribution in [3.05, 3.63) is 65.4 Å². The Labute approximate surface area is 200 Å². The van der Waals surface area contributed by atoms with Crippen LogP contribution in [0.3, 0.4) is 0 Å². The van der Waals surface area contributed by atoms with Crippen molar-refractivity contribution in [2.45, 2.75) is 96.8 Å². The summed E-state index contributed by atoms with van der Waals surface area (Å²) in [6, 6.07) is 13.2. The Hall–Kier alpha value is -2.42. The van der Waals surface area contributed by atoms with E-state index in [1.54, 1.807) is 0 Å². The summed E-state index contributed by atoms with van der Waals surface area (Å²) in [6.45, 7) is 4.41. The highest BCUT2D eigenvalue weighted by atomic mass is 16.4. The first kappa shape index (κ1) is 25.2. The van der Waals surface area contributed by atoms with Crippen LogP contribution in [0.1, 0.15) is 102 Å². The van der Waals surface area contributed by atoms with Crippen molar-refractivity contribution >= 4 is 5.97 Å². The van der Waals surface area contributed by atoms with Crippen molar-refractivity contribution in [3.8, 4) is 11.3 Å². The van der Waals surface area contributed by atoms with Gasteiger partial charge in [0.05, 0.1) is 5.69 Å². The van der Waals surface area contributed by atoms with Gasteiger partial charge in [-0.05, 0) is 80.4 Å². The minimum Gasteiger partial charge on any atom is -0.478 e. The van der Waals surface area contributed by atoms with Crippen molar-refractivity contribution in [1.29, 1.82) is 0 Å². The number of allylic oxidation sites excluding steroid dienone is 1. The van der Waals surface area contributed by atoms with E-state index in [1.807, 2.05) is 12.3 Å². The molecule has 0 aliphatic heterocycles. The van der Waals surface area contributed by atoms with Crippen LogP contribution in [0.4, 0.5) is 0 Å². The van der Waals surface area contributed by atoms with Crippen LogP contribution in [0.5, 0.6) is 0 Å². The minimum atomic E-state index is -0.719. The van der Waals surface area contributed by atoms with Gasteiger partial charge in [0.1, 0.15) is 0 Å². The number of hydrogen-bond acceptors (Lipinski definition) is 2. The average molecular weight is 448 g/mol. The highest BCUT2D eigenvalue weighted by Crippen LogP contribution is 2.39. The number of unbranched alkanes of at least 4 members (excludes halogenated alkanes) is 5. The van der Waals surface area contributed by atoms with E-state index in [4.69, 9.17) is 0 Å². The lowest BCUT2D eigenvalue weighted by Crippen LogP contribution is -2.19. The molecular formula is C30H41NO2. The van der Waals surface area contributed by atoms with Gasteiger partial charge >= 0.3 is 5.97 Å². The van der Waals surface area contributed by atoms with E-state index in [9.17, 15) is 9.90 Å². The van der Waals surface area contributed by atoms with Gasteiger partial charge in [0.25, 0.3) is 0 Å². The summed E-state index contributed by atoms with van der Waals surface area (Å²) in [6.07, 6.45) is 17.3. The first-order chi connectivity index (χ1) is 16.1. The molecule has 1 fully saturated rings. The third-order valence-electron chi connectivity index (χ3n) is 7.16. The highest BCUT2D eigenvalue weighted by molar-refractivity contribution is 5.87. The topological polar surface area (TPSA) is 50.2 Å². The molecule has 1 aliphatic rings. The lowest BCUT2D eigenvalue weighted by Gasteiger charge is -2.29. The summed E-state index contributed by atoms with van der Waals surface area (Å²) < 4.78 is 0. The van der Waals surface area contributed by atoms with Crippen LogP contribution in [0, 0.1) is 5.92 Å². The molecule has 33 heavy (non-hydrogen) atoms. The molecule has 3 rings (SSSR count). The number of pyridine rings is 1. The summed E-state index contributed by atoms with van der Waals surface area (Å²) in [5, 5.41) is 9.70. The standard InChI is InChI=1S/C30H41NO2/c1-3-5-7-9-11-28(30(32)33)26-17-13-24(14-18-26)25-15-19-27(20-16-25)29-21-12-23(22-31-29)10-8-6-4-2/h11-12,15-16,19-22,24,26H,3-10,13-14,17-18H2,1-2H3,(H,32,33)/t24-,26-. The molecule has 0 radical (unpaired) electrons. The van der Waals surface area contributed by atoms with E-state index in [0.29, 0.717) is 11.5 Å². The van der Waals surface area contributed by atoms with Gasteiger partial charge in [-0.2, -0.15) is 0 Å². The molecule has 1 aromatic heterocycles.